The maximum Gasteiger partial charge on any atom is 0.269 e. The van der Waals surface area contributed by atoms with E-state index in [9.17, 15) is 4.79 Å². The van der Waals surface area contributed by atoms with Gasteiger partial charge >= 0.3 is 0 Å². The Labute approximate surface area is 121 Å². The molecule has 0 spiro atoms. The van der Waals surface area contributed by atoms with Crippen molar-refractivity contribution in [3.63, 3.8) is 0 Å². The first-order valence-electron chi connectivity index (χ1n) is 6.08. The predicted octanol–water partition coefficient (Wildman–Crippen LogP) is 0.0992. The molecule has 5 N–H and O–H groups in total. The molecule has 0 unspecified atom stereocenters. The van der Waals surface area contributed by atoms with Gasteiger partial charge in [-0.1, -0.05) is 0 Å². The number of pyridine rings is 1. The number of nitrogen functional groups attached to an aromatic ring is 1. The number of aromatic nitrogens is 3. The van der Waals surface area contributed by atoms with Crippen LogP contribution in [0.3, 0.4) is 0 Å². The van der Waals surface area contributed by atoms with Crippen LogP contribution in [0.25, 0.3) is 0 Å². The van der Waals surface area contributed by atoms with Crippen LogP contribution < -0.4 is 22.0 Å². The number of carbonyl (C=O) groups is 1. The summed E-state index contributed by atoms with van der Waals surface area (Å²) in [6, 6.07) is 3.19. The van der Waals surface area contributed by atoms with Gasteiger partial charge in [0.15, 0.2) is 11.6 Å². The molecular weight excluding hydrogens is 272 g/mol. The minimum absolute atomic E-state index is 0.293. The first kappa shape index (κ1) is 14.5. The van der Waals surface area contributed by atoms with Crippen molar-refractivity contribution in [2.45, 2.75) is 0 Å². The Morgan fingerprint density at radius 3 is 2.52 bits per heavy atom. The van der Waals surface area contributed by atoms with E-state index in [1.54, 1.807) is 31.2 Å². The number of hydrogen-bond acceptors (Lipinski definition) is 8. The monoisotopic (exact) mass is 288 g/mol. The number of amides is 1. The average molecular weight is 288 g/mol. The van der Waals surface area contributed by atoms with Gasteiger partial charge in [0.25, 0.3) is 5.91 Å². The molecule has 0 bridgehead atoms. The molecule has 0 aromatic carbocycles. The van der Waals surface area contributed by atoms with Gasteiger partial charge < -0.3 is 11.2 Å². The molecule has 0 atom stereocenters. The third-order valence-corrected chi connectivity index (χ3v) is 2.45. The molecule has 21 heavy (non-hydrogen) atoms. The van der Waals surface area contributed by atoms with Gasteiger partial charge in [0.2, 0.25) is 0 Å². The molecule has 2 rings (SSSR count). The van der Waals surface area contributed by atoms with Crippen LogP contribution in [0, 0.1) is 0 Å². The lowest BCUT2D eigenvalue weighted by Crippen LogP contribution is -2.30. The van der Waals surface area contributed by atoms with Crippen molar-refractivity contribution >= 4 is 23.2 Å². The summed E-state index contributed by atoms with van der Waals surface area (Å²) < 4.78 is 0. The Kier molecular flexibility index (Phi) is 4.46. The van der Waals surface area contributed by atoms with Crippen LogP contribution in [0.5, 0.6) is 0 Å². The van der Waals surface area contributed by atoms with Crippen molar-refractivity contribution in [1.29, 1.82) is 0 Å². The third-order valence-electron chi connectivity index (χ3n) is 2.45. The maximum absolute atomic E-state index is 11.9. The molecule has 9 nitrogen and oxygen atoms in total. The Balaban J connectivity index is 2.05. The van der Waals surface area contributed by atoms with Crippen molar-refractivity contribution in [3.05, 3.63) is 36.4 Å². The van der Waals surface area contributed by atoms with Gasteiger partial charge in [0.05, 0.1) is 0 Å². The molecule has 0 saturated heterocycles. The van der Waals surface area contributed by atoms with Crippen molar-refractivity contribution in [1.82, 2.24) is 25.4 Å². The zero-order valence-corrected chi connectivity index (χ0v) is 11.7. The van der Waals surface area contributed by atoms with Gasteiger partial charge in [-0.15, -0.1) is 0 Å². The van der Waals surface area contributed by atoms with Crippen LogP contribution in [0.2, 0.25) is 0 Å². The van der Waals surface area contributed by atoms with Crippen molar-refractivity contribution in [2.75, 3.05) is 30.7 Å². The molecule has 0 aliphatic rings. The van der Waals surface area contributed by atoms with Crippen LogP contribution in [0.15, 0.2) is 30.9 Å². The van der Waals surface area contributed by atoms with E-state index in [2.05, 4.69) is 31.2 Å². The Bertz CT molecular complexity index is 616. The van der Waals surface area contributed by atoms with Gasteiger partial charge in [0, 0.05) is 32.1 Å². The molecule has 0 saturated carbocycles. The number of hydrogen-bond donors (Lipinski definition) is 4. The fraction of sp³-hybridized carbons (Fsp3) is 0.167. The molecule has 0 aliphatic carbocycles. The van der Waals surface area contributed by atoms with E-state index in [1.165, 1.54) is 18.7 Å². The lowest BCUT2D eigenvalue weighted by atomic mass is 10.3. The lowest BCUT2D eigenvalue weighted by molar-refractivity contribution is 0.0962. The Hall–Kier alpha value is -2.94. The first-order chi connectivity index (χ1) is 10.1. The number of rotatable bonds is 5. The molecule has 0 radical (unpaired) electrons. The summed E-state index contributed by atoms with van der Waals surface area (Å²) >= 11 is 0. The summed E-state index contributed by atoms with van der Waals surface area (Å²) in [5, 5.41) is 1.69. The number of nitrogens with zero attached hydrogens (tertiary/aromatic N) is 4. The summed E-state index contributed by atoms with van der Waals surface area (Å²) in [7, 11) is 3.61. The normalized spacial score (nSPS) is 10.2. The summed E-state index contributed by atoms with van der Waals surface area (Å²) in [5.74, 6) is 0.421. The van der Waals surface area contributed by atoms with E-state index in [4.69, 9.17) is 5.73 Å². The highest BCUT2D eigenvalue weighted by atomic mass is 16.2. The van der Waals surface area contributed by atoms with Gasteiger partial charge in [0.1, 0.15) is 12.0 Å². The van der Waals surface area contributed by atoms with Crippen LogP contribution in [-0.2, 0) is 0 Å². The highest BCUT2D eigenvalue weighted by molar-refractivity contribution is 5.95. The topological polar surface area (TPSA) is 121 Å². The smallest absolute Gasteiger partial charge is 0.269 e. The molecule has 9 heteroatoms. The van der Waals surface area contributed by atoms with Crippen LogP contribution >= 0.6 is 0 Å². The standard InChI is InChI=1S/C12H16N8O/c1-20(2)19-11-9(13)10(15-7-16-11)17-18-12(21)8-3-5-14-6-4-8/h3-7H,13H2,1-2H3,(H,18,21)(H2,15,16,17,19). The van der Waals surface area contributed by atoms with E-state index in [0.717, 1.165) is 0 Å². The molecule has 2 aromatic heterocycles. The molecule has 2 aromatic rings. The Morgan fingerprint density at radius 2 is 1.86 bits per heavy atom. The Morgan fingerprint density at radius 1 is 1.19 bits per heavy atom. The maximum atomic E-state index is 11.9. The fourth-order valence-corrected chi connectivity index (χ4v) is 1.49. The highest BCUT2D eigenvalue weighted by Crippen LogP contribution is 2.21. The third kappa shape index (κ3) is 3.76. The second-order valence-corrected chi connectivity index (χ2v) is 4.31. The van der Waals surface area contributed by atoms with Crippen molar-refractivity contribution in [2.24, 2.45) is 0 Å². The van der Waals surface area contributed by atoms with Crippen LogP contribution in [-0.4, -0.2) is 40.0 Å². The minimum atomic E-state index is -0.322. The van der Waals surface area contributed by atoms with E-state index in [1.807, 2.05) is 0 Å². The SMILES string of the molecule is CN(C)Nc1ncnc(NNC(=O)c2ccncc2)c1N. The molecule has 0 fully saturated rings. The molecule has 0 aliphatic heterocycles. The van der Waals surface area contributed by atoms with Crippen LogP contribution in [0.1, 0.15) is 10.4 Å². The number of carbonyl (C=O) groups excluding carboxylic acids is 1. The second-order valence-electron chi connectivity index (χ2n) is 4.31. The van der Waals surface area contributed by atoms with Gasteiger partial charge in [-0.3, -0.25) is 20.6 Å². The molecule has 1 amide bonds. The first-order valence-corrected chi connectivity index (χ1v) is 6.08. The number of nitrogens with two attached hydrogens (primary N) is 1. The van der Waals surface area contributed by atoms with E-state index >= 15 is 0 Å². The molecule has 2 heterocycles. The van der Waals surface area contributed by atoms with Crippen molar-refractivity contribution < 1.29 is 4.79 Å². The van der Waals surface area contributed by atoms with Gasteiger partial charge in [-0.25, -0.2) is 15.0 Å². The summed E-state index contributed by atoms with van der Waals surface area (Å²) in [6.07, 6.45) is 4.41. The van der Waals surface area contributed by atoms with Gasteiger partial charge in [-0.05, 0) is 12.1 Å². The number of anilines is 3. The highest BCUT2D eigenvalue weighted by Gasteiger charge is 2.10. The van der Waals surface area contributed by atoms with Crippen molar-refractivity contribution in [3.8, 4) is 0 Å². The van der Waals surface area contributed by atoms with Crippen LogP contribution in [0.4, 0.5) is 17.3 Å². The summed E-state index contributed by atoms with van der Waals surface area (Å²) in [4.78, 5) is 23.7. The van der Waals surface area contributed by atoms with Gasteiger partial charge in [-0.2, -0.15) is 0 Å². The second kappa shape index (κ2) is 6.48. The molecular formula is C12H16N8O. The quantitative estimate of drug-likeness (QED) is 0.572. The fourth-order valence-electron chi connectivity index (χ4n) is 1.49. The zero-order valence-electron chi connectivity index (χ0n) is 11.7. The number of nitrogens with one attached hydrogen (secondary N) is 3. The zero-order chi connectivity index (χ0) is 15.2. The average Bonchev–Trinajstić information content (AvgIpc) is 2.48. The molecule has 110 valence electrons. The summed E-state index contributed by atoms with van der Waals surface area (Å²) in [5.41, 5.74) is 14.8. The van der Waals surface area contributed by atoms with E-state index < -0.39 is 0 Å². The lowest BCUT2D eigenvalue weighted by Gasteiger charge is -2.16. The van der Waals surface area contributed by atoms with E-state index in [0.29, 0.717) is 22.9 Å². The predicted molar refractivity (Wildman–Crippen MR) is 79.1 cm³/mol. The summed E-state index contributed by atoms with van der Waals surface area (Å²) in [6.45, 7) is 0. The minimum Gasteiger partial charge on any atom is -0.393 e. The largest absolute Gasteiger partial charge is 0.393 e. The number of hydrazine groups is 2. The van der Waals surface area contributed by atoms with E-state index in [-0.39, 0.29) is 5.91 Å².